The summed E-state index contributed by atoms with van der Waals surface area (Å²) in [6, 6.07) is 5.58. The first-order chi connectivity index (χ1) is 6.67. The molecule has 0 saturated heterocycles. The van der Waals surface area contributed by atoms with Crippen LogP contribution in [0.25, 0.3) is 0 Å². The van der Waals surface area contributed by atoms with Gasteiger partial charge in [-0.05, 0) is 18.2 Å². The standard InChI is InChI=1S/C9H6F2NO2/c10-9(11)14-8-2-1-6(4-12)3-7(8)5-13/h1-3,5,9,13H. The van der Waals surface area contributed by atoms with Crippen molar-refractivity contribution >= 4 is 0 Å². The Bertz CT molecular complexity index is 360. The van der Waals surface area contributed by atoms with E-state index in [-0.39, 0.29) is 16.9 Å². The first-order valence-electron chi connectivity index (χ1n) is 3.63. The largest absolute Gasteiger partial charge is 0.434 e. The zero-order chi connectivity index (χ0) is 10.6. The number of halogens is 2. The van der Waals surface area contributed by atoms with E-state index >= 15 is 0 Å². The lowest BCUT2D eigenvalue weighted by Crippen LogP contribution is -2.04. The molecule has 0 amide bonds. The first-order valence-corrected chi connectivity index (χ1v) is 3.63. The Kier molecular flexibility index (Phi) is 3.37. The van der Waals surface area contributed by atoms with Crippen molar-refractivity contribution < 1.29 is 18.6 Å². The summed E-state index contributed by atoms with van der Waals surface area (Å²) in [5, 5.41) is 17.2. The van der Waals surface area contributed by atoms with Gasteiger partial charge in [0.1, 0.15) is 12.4 Å². The third kappa shape index (κ3) is 2.41. The van der Waals surface area contributed by atoms with Crippen LogP contribution < -0.4 is 4.74 Å². The lowest BCUT2D eigenvalue weighted by molar-refractivity contribution is -0.0503. The van der Waals surface area contributed by atoms with Gasteiger partial charge in [-0.3, -0.25) is 0 Å². The van der Waals surface area contributed by atoms with E-state index in [1.54, 1.807) is 0 Å². The Morgan fingerprint density at radius 2 is 2.21 bits per heavy atom. The molecule has 0 spiro atoms. The molecule has 14 heavy (non-hydrogen) atoms. The monoisotopic (exact) mass is 198 g/mol. The van der Waals surface area contributed by atoms with Crippen molar-refractivity contribution in [2.45, 2.75) is 6.61 Å². The molecule has 0 aliphatic rings. The summed E-state index contributed by atoms with van der Waals surface area (Å²) in [7, 11) is 0. The van der Waals surface area contributed by atoms with Crippen molar-refractivity contribution in [1.82, 2.24) is 0 Å². The summed E-state index contributed by atoms with van der Waals surface area (Å²) < 4.78 is 27.8. The van der Waals surface area contributed by atoms with Crippen molar-refractivity contribution in [3.8, 4) is 11.8 Å². The predicted octanol–water partition coefficient (Wildman–Crippen LogP) is 2.04. The number of nitriles is 1. The van der Waals surface area contributed by atoms with Gasteiger partial charge in [0.15, 0.2) is 0 Å². The number of hydrogen-bond acceptors (Lipinski definition) is 3. The Labute approximate surface area is 79.2 Å². The Balaban J connectivity index is 3.00. The van der Waals surface area contributed by atoms with E-state index in [1.165, 1.54) is 18.2 Å². The fraction of sp³-hybridized carbons (Fsp3) is 0.111. The van der Waals surface area contributed by atoms with Crippen LogP contribution in [0.5, 0.6) is 5.75 Å². The van der Waals surface area contributed by atoms with Crippen LogP contribution in [0, 0.1) is 17.9 Å². The maximum absolute atomic E-state index is 11.8. The minimum absolute atomic E-state index is 0.0457. The number of rotatable bonds is 3. The molecule has 0 aromatic heterocycles. The summed E-state index contributed by atoms with van der Waals surface area (Å²) in [5.41, 5.74) is 0.302. The van der Waals surface area contributed by atoms with E-state index in [9.17, 15) is 8.78 Å². The highest BCUT2D eigenvalue weighted by molar-refractivity contribution is 5.44. The molecule has 0 aliphatic carbocycles. The van der Waals surface area contributed by atoms with Gasteiger partial charge in [-0.1, -0.05) is 0 Å². The zero-order valence-electron chi connectivity index (χ0n) is 6.95. The van der Waals surface area contributed by atoms with Crippen LogP contribution in [-0.2, 0) is 0 Å². The van der Waals surface area contributed by atoms with E-state index in [0.717, 1.165) is 0 Å². The predicted molar refractivity (Wildman–Crippen MR) is 43.1 cm³/mol. The van der Waals surface area contributed by atoms with Crippen molar-refractivity contribution in [3.05, 3.63) is 35.9 Å². The molecule has 1 N–H and O–H groups in total. The maximum atomic E-state index is 11.8. The zero-order valence-corrected chi connectivity index (χ0v) is 6.95. The number of aliphatic hydroxyl groups excluding tert-OH is 1. The number of nitrogens with zero attached hydrogens (tertiary/aromatic N) is 1. The van der Waals surface area contributed by atoms with Crippen molar-refractivity contribution in [1.29, 1.82) is 5.26 Å². The van der Waals surface area contributed by atoms with Crippen LogP contribution in [0.2, 0.25) is 0 Å². The quantitative estimate of drug-likeness (QED) is 0.808. The molecule has 0 unspecified atom stereocenters. The molecule has 1 radical (unpaired) electrons. The highest BCUT2D eigenvalue weighted by Crippen LogP contribution is 2.22. The van der Waals surface area contributed by atoms with E-state index < -0.39 is 6.61 Å². The van der Waals surface area contributed by atoms with Crippen molar-refractivity contribution in [2.24, 2.45) is 0 Å². The maximum Gasteiger partial charge on any atom is 0.387 e. The summed E-state index contributed by atoms with van der Waals surface area (Å²) in [4.78, 5) is 0. The summed E-state index contributed by atoms with van der Waals surface area (Å²) >= 11 is 0. The summed E-state index contributed by atoms with van der Waals surface area (Å²) in [5.74, 6) is -0.165. The van der Waals surface area contributed by atoms with E-state index in [2.05, 4.69) is 4.74 Å². The number of alkyl halides is 2. The minimum atomic E-state index is -2.96. The molecule has 1 aromatic rings. The topological polar surface area (TPSA) is 53.2 Å². The molecule has 3 nitrogen and oxygen atoms in total. The highest BCUT2D eigenvalue weighted by Gasteiger charge is 2.09. The van der Waals surface area contributed by atoms with Crippen LogP contribution in [0.1, 0.15) is 11.1 Å². The highest BCUT2D eigenvalue weighted by atomic mass is 19.3. The molecule has 0 fully saturated rings. The third-order valence-electron chi connectivity index (χ3n) is 1.49. The molecule has 1 aromatic carbocycles. The number of aliphatic hydroxyl groups is 1. The molecular weight excluding hydrogens is 192 g/mol. The van der Waals surface area contributed by atoms with Crippen LogP contribution in [0.3, 0.4) is 0 Å². The van der Waals surface area contributed by atoms with Gasteiger partial charge >= 0.3 is 6.61 Å². The van der Waals surface area contributed by atoms with Gasteiger partial charge in [0.2, 0.25) is 0 Å². The molecule has 73 valence electrons. The van der Waals surface area contributed by atoms with Gasteiger partial charge in [0.05, 0.1) is 11.6 Å². The van der Waals surface area contributed by atoms with Gasteiger partial charge in [0, 0.05) is 5.56 Å². The number of hydrogen-bond donors (Lipinski definition) is 1. The summed E-state index contributed by atoms with van der Waals surface area (Å²) in [6.45, 7) is -2.35. The Morgan fingerprint density at radius 1 is 1.50 bits per heavy atom. The second-order valence-corrected chi connectivity index (χ2v) is 2.37. The Morgan fingerprint density at radius 3 is 2.71 bits per heavy atom. The van der Waals surface area contributed by atoms with Crippen LogP contribution in [-0.4, -0.2) is 11.7 Å². The third-order valence-corrected chi connectivity index (χ3v) is 1.49. The van der Waals surface area contributed by atoms with Gasteiger partial charge in [0.25, 0.3) is 0 Å². The normalized spacial score (nSPS) is 9.93. The lowest BCUT2D eigenvalue weighted by atomic mass is 10.1. The van der Waals surface area contributed by atoms with Crippen molar-refractivity contribution in [2.75, 3.05) is 0 Å². The fourth-order valence-electron chi connectivity index (χ4n) is 0.922. The van der Waals surface area contributed by atoms with Crippen LogP contribution in [0.15, 0.2) is 18.2 Å². The van der Waals surface area contributed by atoms with Gasteiger partial charge in [-0.25, -0.2) is 0 Å². The number of benzene rings is 1. The van der Waals surface area contributed by atoms with E-state index in [0.29, 0.717) is 6.61 Å². The SMILES string of the molecule is N#Cc1ccc(OC(F)F)c([CH]O)c1. The first kappa shape index (κ1) is 10.4. The molecule has 5 heteroatoms. The fourth-order valence-corrected chi connectivity index (χ4v) is 0.922. The molecule has 0 bridgehead atoms. The molecule has 0 atom stereocenters. The molecule has 1 rings (SSSR count). The van der Waals surface area contributed by atoms with Crippen LogP contribution in [0.4, 0.5) is 8.78 Å². The Hall–Kier alpha value is -1.67. The van der Waals surface area contributed by atoms with Crippen LogP contribution >= 0.6 is 0 Å². The lowest BCUT2D eigenvalue weighted by Gasteiger charge is -2.08. The summed E-state index contributed by atoms with van der Waals surface area (Å²) in [6.07, 6.45) is 0. The molecule has 0 heterocycles. The van der Waals surface area contributed by atoms with Crippen molar-refractivity contribution in [3.63, 3.8) is 0 Å². The second-order valence-electron chi connectivity index (χ2n) is 2.37. The molecule has 0 aliphatic heterocycles. The van der Waals surface area contributed by atoms with Gasteiger partial charge < -0.3 is 9.84 Å². The second kappa shape index (κ2) is 4.53. The van der Waals surface area contributed by atoms with E-state index in [1.807, 2.05) is 6.07 Å². The van der Waals surface area contributed by atoms with E-state index in [4.69, 9.17) is 10.4 Å². The molecule has 0 saturated carbocycles. The average Bonchev–Trinajstić information content (AvgIpc) is 2.17. The van der Waals surface area contributed by atoms with Gasteiger partial charge in [-0.2, -0.15) is 14.0 Å². The average molecular weight is 198 g/mol. The smallest absolute Gasteiger partial charge is 0.387 e. The van der Waals surface area contributed by atoms with Gasteiger partial charge in [-0.15, -0.1) is 0 Å². The number of ether oxygens (including phenoxy) is 1. The molecular formula is C9H6F2NO2. The minimum Gasteiger partial charge on any atom is -0.434 e.